The fraction of sp³-hybridized carbons (Fsp3) is 0.688. The van der Waals surface area contributed by atoms with Gasteiger partial charge in [-0.2, -0.15) is 0 Å². The van der Waals surface area contributed by atoms with Gasteiger partial charge in [-0.1, -0.05) is 18.9 Å². The van der Waals surface area contributed by atoms with Gasteiger partial charge in [-0.15, -0.1) is 11.3 Å². The van der Waals surface area contributed by atoms with Crippen molar-refractivity contribution in [3.05, 3.63) is 22.4 Å². The summed E-state index contributed by atoms with van der Waals surface area (Å²) in [6, 6.07) is 4.63. The minimum absolute atomic E-state index is 0.151. The lowest BCUT2D eigenvalue weighted by Gasteiger charge is -2.43. The van der Waals surface area contributed by atoms with Gasteiger partial charge in [-0.05, 0) is 30.7 Å². The fourth-order valence-electron chi connectivity index (χ4n) is 3.39. The van der Waals surface area contributed by atoms with Crippen LogP contribution in [0.4, 0.5) is 0 Å². The van der Waals surface area contributed by atoms with Gasteiger partial charge in [0.2, 0.25) is 5.91 Å². The minimum Gasteiger partial charge on any atom is -0.375 e. The second-order valence-corrected chi connectivity index (χ2v) is 6.94. The first kappa shape index (κ1) is 15.0. The van der Waals surface area contributed by atoms with E-state index in [4.69, 9.17) is 4.74 Å². The summed E-state index contributed by atoms with van der Waals surface area (Å²) in [6.45, 7) is 2.91. The third kappa shape index (κ3) is 4.05. The molecule has 1 N–H and O–H groups in total. The first-order chi connectivity index (χ1) is 10.3. The van der Waals surface area contributed by atoms with E-state index in [-0.39, 0.29) is 5.91 Å². The van der Waals surface area contributed by atoms with Crippen LogP contribution in [0, 0.1) is 0 Å². The summed E-state index contributed by atoms with van der Waals surface area (Å²) in [7, 11) is 0. The number of carbonyl (C=O) groups excluding carboxylic acids is 1. The quantitative estimate of drug-likeness (QED) is 0.905. The van der Waals surface area contributed by atoms with E-state index in [9.17, 15) is 4.79 Å². The molecule has 1 saturated heterocycles. The molecule has 1 aliphatic carbocycles. The van der Waals surface area contributed by atoms with Gasteiger partial charge in [0.15, 0.2) is 0 Å². The van der Waals surface area contributed by atoms with E-state index in [2.05, 4.69) is 27.7 Å². The van der Waals surface area contributed by atoms with Crippen molar-refractivity contribution in [2.75, 3.05) is 26.2 Å². The van der Waals surface area contributed by atoms with Crippen LogP contribution in [-0.2, 0) is 16.0 Å². The van der Waals surface area contributed by atoms with Crippen molar-refractivity contribution in [3.63, 3.8) is 0 Å². The van der Waals surface area contributed by atoms with Crippen molar-refractivity contribution in [2.24, 2.45) is 0 Å². The van der Waals surface area contributed by atoms with Crippen LogP contribution in [0.25, 0.3) is 0 Å². The van der Waals surface area contributed by atoms with Gasteiger partial charge in [0, 0.05) is 24.0 Å². The van der Waals surface area contributed by atoms with Crippen molar-refractivity contribution in [2.45, 2.75) is 44.2 Å². The Labute approximate surface area is 130 Å². The standard InChI is InChI=1S/C16H24N2O2S/c19-16(17-8-7-13-4-3-11-21-13)12-18-9-10-20-15-6-2-1-5-14(15)18/h3-4,11,14-15H,1-2,5-10,12H2,(H,17,19). The van der Waals surface area contributed by atoms with Crippen molar-refractivity contribution in [3.8, 4) is 0 Å². The van der Waals surface area contributed by atoms with E-state index < -0.39 is 0 Å². The van der Waals surface area contributed by atoms with Crippen LogP contribution in [0.3, 0.4) is 0 Å². The molecule has 2 fully saturated rings. The second kappa shape index (κ2) is 7.38. The number of nitrogens with one attached hydrogen (secondary N) is 1. The first-order valence-electron chi connectivity index (χ1n) is 7.97. The summed E-state index contributed by atoms with van der Waals surface area (Å²) in [5, 5.41) is 5.13. The maximum absolute atomic E-state index is 12.1. The highest BCUT2D eigenvalue weighted by Gasteiger charge is 2.34. The molecule has 5 heteroatoms. The molecule has 1 amide bonds. The normalized spacial score (nSPS) is 26.3. The molecule has 1 aliphatic heterocycles. The Kier molecular flexibility index (Phi) is 5.27. The van der Waals surface area contributed by atoms with Crippen molar-refractivity contribution >= 4 is 17.2 Å². The Bertz CT molecular complexity index is 447. The lowest BCUT2D eigenvalue weighted by molar-refractivity contribution is -0.129. The number of rotatable bonds is 5. The van der Waals surface area contributed by atoms with E-state index in [1.807, 2.05) is 0 Å². The van der Waals surface area contributed by atoms with Crippen LogP contribution in [0.1, 0.15) is 30.6 Å². The zero-order valence-corrected chi connectivity index (χ0v) is 13.2. The van der Waals surface area contributed by atoms with Crippen LogP contribution < -0.4 is 5.32 Å². The smallest absolute Gasteiger partial charge is 0.234 e. The summed E-state index contributed by atoms with van der Waals surface area (Å²) in [5.74, 6) is 0.151. The van der Waals surface area contributed by atoms with E-state index in [0.717, 1.165) is 32.5 Å². The third-order valence-electron chi connectivity index (χ3n) is 4.47. The average molecular weight is 308 g/mol. The SMILES string of the molecule is O=C(CN1CCOC2CCCCC21)NCCc1cccs1. The molecule has 21 heavy (non-hydrogen) atoms. The van der Waals surface area contributed by atoms with E-state index in [1.165, 1.54) is 24.1 Å². The molecule has 0 spiro atoms. The monoisotopic (exact) mass is 308 g/mol. The fourth-order valence-corrected chi connectivity index (χ4v) is 4.10. The molecule has 0 bridgehead atoms. The predicted molar refractivity (Wildman–Crippen MR) is 84.6 cm³/mol. The molecule has 2 heterocycles. The van der Waals surface area contributed by atoms with Crippen LogP contribution in [0.5, 0.6) is 0 Å². The molecule has 116 valence electrons. The zero-order chi connectivity index (χ0) is 14.5. The number of fused-ring (bicyclic) bond motifs is 1. The number of amides is 1. The number of hydrogen-bond donors (Lipinski definition) is 1. The van der Waals surface area contributed by atoms with Gasteiger partial charge >= 0.3 is 0 Å². The molecule has 0 aromatic carbocycles. The highest BCUT2D eigenvalue weighted by atomic mass is 32.1. The maximum atomic E-state index is 12.1. The number of nitrogens with zero attached hydrogens (tertiary/aromatic N) is 1. The molecule has 1 aromatic heterocycles. The molecule has 1 aromatic rings. The minimum atomic E-state index is 0.151. The Morgan fingerprint density at radius 2 is 2.33 bits per heavy atom. The molecular weight excluding hydrogens is 284 g/mol. The summed E-state index contributed by atoms with van der Waals surface area (Å²) < 4.78 is 5.85. The topological polar surface area (TPSA) is 41.6 Å². The summed E-state index contributed by atoms with van der Waals surface area (Å²) in [6.07, 6.45) is 6.14. The number of morpholine rings is 1. The summed E-state index contributed by atoms with van der Waals surface area (Å²) in [5.41, 5.74) is 0. The maximum Gasteiger partial charge on any atom is 0.234 e. The molecule has 3 rings (SSSR count). The van der Waals surface area contributed by atoms with Gasteiger partial charge in [-0.3, -0.25) is 9.69 Å². The predicted octanol–water partition coefficient (Wildman–Crippen LogP) is 2.05. The van der Waals surface area contributed by atoms with E-state index in [0.29, 0.717) is 18.7 Å². The largest absolute Gasteiger partial charge is 0.375 e. The molecule has 4 nitrogen and oxygen atoms in total. The van der Waals surface area contributed by atoms with Gasteiger partial charge in [0.05, 0.1) is 19.3 Å². The Balaban J connectivity index is 1.43. The third-order valence-corrected chi connectivity index (χ3v) is 5.40. The number of hydrogen-bond acceptors (Lipinski definition) is 4. The molecular formula is C16H24N2O2S. The lowest BCUT2D eigenvalue weighted by Crippen LogP contribution is -2.55. The number of carbonyl (C=O) groups is 1. The van der Waals surface area contributed by atoms with Crippen molar-refractivity contribution in [1.29, 1.82) is 0 Å². The van der Waals surface area contributed by atoms with Gasteiger partial charge < -0.3 is 10.1 Å². The molecule has 2 unspecified atom stereocenters. The highest BCUT2D eigenvalue weighted by Crippen LogP contribution is 2.28. The van der Waals surface area contributed by atoms with Gasteiger partial charge in [-0.25, -0.2) is 0 Å². The number of ether oxygens (including phenoxy) is 1. The van der Waals surface area contributed by atoms with Crippen molar-refractivity contribution < 1.29 is 9.53 Å². The van der Waals surface area contributed by atoms with Crippen LogP contribution in [-0.4, -0.2) is 49.2 Å². The Hall–Kier alpha value is -0.910. The number of thiophene rings is 1. The zero-order valence-electron chi connectivity index (χ0n) is 12.4. The van der Waals surface area contributed by atoms with Crippen LogP contribution in [0.15, 0.2) is 17.5 Å². The van der Waals surface area contributed by atoms with Gasteiger partial charge in [0.25, 0.3) is 0 Å². The molecule has 2 atom stereocenters. The van der Waals surface area contributed by atoms with E-state index >= 15 is 0 Å². The Morgan fingerprint density at radius 3 is 3.19 bits per heavy atom. The summed E-state index contributed by atoms with van der Waals surface area (Å²) >= 11 is 1.75. The molecule has 0 radical (unpaired) electrons. The molecule has 1 saturated carbocycles. The van der Waals surface area contributed by atoms with Crippen LogP contribution in [0.2, 0.25) is 0 Å². The second-order valence-electron chi connectivity index (χ2n) is 5.91. The van der Waals surface area contributed by atoms with Gasteiger partial charge in [0.1, 0.15) is 0 Å². The molecule has 2 aliphatic rings. The lowest BCUT2D eigenvalue weighted by atomic mass is 9.90. The first-order valence-corrected chi connectivity index (χ1v) is 8.85. The summed E-state index contributed by atoms with van der Waals surface area (Å²) in [4.78, 5) is 15.8. The highest BCUT2D eigenvalue weighted by molar-refractivity contribution is 7.09. The van der Waals surface area contributed by atoms with Crippen LogP contribution >= 0.6 is 11.3 Å². The van der Waals surface area contributed by atoms with E-state index in [1.54, 1.807) is 11.3 Å². The Morgan fingerprint density at radius 1 is 1.43 bits per heavy atom. The van der Waals surface area contributed by atoms with Crippen molar-refractivity contribution in [1.82, 2.24) is 10.2 Å². The average Bonchev–Trinajstić information content (AvgIpc) is 3.01.